The summed E-state index contributed by atoms with van der Waals surface area (Å²) in [5, 5.41) is 2.74. The minimum atomic E-state index is -0.466. The molecule has 1 amide bonds. The minimum Gasteiger partial charge on any atom is -0.467 e. The van der Waals surface area contributed by atoms with Crippen molar-refractivity contribution in [1.82, 2.24) is 9.88 Å². The molecule has 1 N–H and O–H groups in total. The number of oxazole rings is 1. The van der Waals surface area contributed by atoms with Crippen molar-refractivity contribution < 1.29 is 13.6 Å². The summed E-state index contributed by atoms with van der Waals surface area (Å²) in [5.74, 6) is 0.0609. The second-order valence-corrected chi connectivity index (χ2v) is 5.65. The number of halogens is 1. The number of hydrogen-bond acceptors (Lipinski definition) is 4. The Kier molecular flexibility index (Phi) is 4.15. The first-order valence-electron chi connectivity index (χ1n) is 6.71. The standard InChI is InChI=1S/C15H13BrN2O4/c16-10-3-4-12-13(8-10)22-15(20)18(12)6-5-14(19)17-9-11-2-1-7-21-11/h1-4,7-8H,5-6,9H2,(H,17,19). The molecular weight excluding hydrogens is 352 g/mol. The maximum absolute atomic E-state index is 11.8. The van der Waals surface area contributed by atoms with Crippen molar-refractivity contribution in [1.29, 1.82) is 0 Å². The van der Waals surface area contributed by atoms with E-state index in [0.29, 0.717) is 23.4 Å². The van der Waals surface area contributed by atoms with Gasteiger partial charge in [-0.15, -0.1) is 0 Å². The number of nitrogens with zero attached hydrogens (tertiary/aromatic N) is 1. The van der Waals surface area contributed by atoms with Crippen molar-refractivity contribution in [2.75, 3.05) is 0 Å². The maximum Gasteiger partial charge on any atom is 0.419 e. The van der Waals surface area contributed by atoms with Crippen molar-refractivity contribution in [2.45, 2.75) is 19.5 Å². The highest BCUT2D eigenvalue weighted by Gasteiger charge is 2.11. The lowest BCUT2D eigenvalue weighted by atomic mass is 10.3. The molecule has 22 heavy (non-hydrogen) atoms. The van der Waals surface area contributed by atoms with Gasteiger partial charge in [0, 0.05) is 17.4 Å². The van der Waals surface area contributed by atoms with E-state index >= 15 is 0 Å². The van der Waals surface area contributed by atoms with Crippen molar-refractivity contribution in [3.05, 3.63) is 57.4 Å². The number of nitrogens with one attached hydrogen (secondary N) is 1. The zero-order valence-electron chi connectivity index (χ0n) is 11.5. The molecule has 0 saturated carbocycles. The van der Waals surface area contributed by atoms with Crippen LogP contribution in [0.2, 0.25) is 0 Å². The molecule has 3 rings (SSSR count). The molecule has 3 aromatic rings. The smallest absolute Gasteiger partial charge is 0.419 e. The molecule has 2 aromatic heterocycles. The first kappa shape index (κ1) is 14.6. The van der Waals surface area contributed by atoms with Gasteiger partial charge in [-0.25, -0.2) is 4.79 Å². The first-order chi connectivity index (χ1) is 10.6. The highest BCUT2D eigenvalue weighted by Crippen LogP contribution is 2.18. The topological polar surface area (TPSA) is 77.4 Å². The maximum atomic E-state index is 11.8. The Morgan fingerprint density at radius 3 is 2.95 bits per heavy atom. The zero-order valence-corrected chi connectivity index (χ0v) is 13.1. The molecular formula is C15H13BrN2O4. The summed E-state index contributed by atoms with van der Waals surface area (Å²) in [4.78, 5) is 23.7. The van der Waals surface area contributed by atoms with Crippen molar-refractivity contribution in [3.63, 3.8) is 0 Å². The van der Waals surface area contributed by atoms with E-state index < -0.39 is 5.76 Å². The summed E-state index contributed by atoms with van der Waals surface area (Å²) < 4.78 is 12.6. The monoisotopic (exact) mass is 364 g/mol. The van der Waals surface area contributed by atoms with Gasteiger partial charge >= 0.3 is 5.76 Å². The Balaban J connectivity index is 1.65. The predicted octanol–water partition coefficient (Wildman–Crippen LogP) is 2.66. The Morgan fingerprint density at radius 1 is 1.32 bits per heavy atom. The van der Waals surface area contributed by atoms with E-state index in [1.807, 2.05) is 6.07 Å². The first-order valence-corrected chi connectivity index (χ1v) is 7.51. The van der Waals surface area contributed by atoms with E-state index in [1.54, 1.807) is 30.5 Å². The van der Waals surface area contributed by atoms with Crippen LogP contribution in [0.1, 0.15) is 12.2 Å². The predicted molar refractivity (Wildman–Crippen MR) is 83.3 cm³/mol. The Morgan fingerprint density at radius 2 is 2.18 bits per heavy atom. The van der Waals surface area contributed by atoms with E-state index in [4.69, 9.17) is 8.83 Å². The Labute approximate surface area is 133 Å². The molecule has 0 radical (unpaired) electrons. The second-order valence-electron chi connectivity index (χ2n) is 4.74. The van der Waals surface area contributed by atoms with Crippen molar-refractivity contribution >= 4 is 32.9 Å². The van der Waals surface area contributed by atoms with E-state index in [1.165, 1.54) is 4.57 Å². The largest absolute Gasteiger partial charge is 0.467 e. The summed E-state index contributed by atoms with van der Waals surface area (Å²) in [6.07, 6.45) is 1.74. The second kappa shape index (κ2) is 6.23. The number of carbonyl (C=O) groups excluding carboxylic acids is 1. The molecule has 0 bridgehead atoms. The van der Waals surface area contributed by atoms with Crippen molar-refractivity contribution in [3.8, 4) is 0 Å². The van der Waals surface area contributed by atoms with E-state index in [-0.39, 0.29) is 18.9 Å². The number of carbonyl (C=O) groups is 1. The third-order valence-corrected chi connectivity index (χ3v) is 3.73. The van der Waals surface area contributed by atoms with Crippen LogP contribution in [0.15, 0.2) is 54.7 Å². The minimum absolute atomic E-state index is 0.158. The summed E-state index contributed by atoms with van der Waals surface area (Å²) in [6.45, 7) is 0.595. The van der Waals surface area contributed by atoms with Crippen LogP contribution >= 0.6 is 15.9 Å². The van der Waals surface area contributed by atoms with E-state index in [9.17, 15) is 9.59 Å². The number of fused-ring (bicyclic) bond motifs is 1. The summed E-state index contributed by atoms with van der Waals surface area (Å²) in [6, 6.07) is 8.88. The number of amides is 1. The van der Waals surface area contributed by atoms with Gasteiger partial charge in [0.1, 0.15) is 5.76 Å². The van der Waals surface area contributed by atoms with Crippen LogP contribution in [0.3, 0.4) is 0 Å². The molecule has 0 spiro atoms. The molecule has 0 atom stereocenters. The van der Waals surface area contributed by atoms with E-state index in [0.717, 1.165) is 4.47 Å². The lowest BCUT2D eigenvalue weighted by molar-refractivity contribution is -0.121. The molecule has 0 aliphatic carbocycles. The van der Waals surface area contributed by atoms with Gasteiger partial charge in [0.2, 0.25) is 5.91 Å². The van der Waals surface area contributed by atoms with Crippen LogP contribution in [0.4, 0.5) is 0 Å². The summed E-state index contributed by atoms with van der Waals surface area (Å²) in [5.41, 5.74) is 1.17. The van der Waals surface area contributed by atoms with Gasteiger partial charge in [0.25, 0.3) is 0 Å². The van der Waals surface area contributed by atoms with Crippen LogP contribution in [0.5, 0.6) is 0 Å². The zero-order chi connectivity index (χ0) is 15.5. The van der Waals surface area contributed by atoms with Gasteiger partial charge in [-0.2, -0.15) is 0 Å². The molecule has 7 heteroatoms. The molecule has 1 aromatic carbocycles. The lowest BCUT2D eigenvalue weighted by Crippen LogP contribution is -2.25. The van der Waals surface area contributed by atoms with Gasteiger partial charge in [0.15, 0.2) is 5.58 Å². The van der Waals surface area contributed by atoms with Gasteiger partial charge in [-0.3, -0.25) is 9.36 Å². The third-order valence-electron chi connectivity index (χ3n) is 3.23. The highest BCUT2D eigenvalue weighted by molar-refractivity contribution is 9.10. The molecule has 0 fully saturated rings. The molecule has 0 aliphatic heterocycles. The van der Waals surface area contributed by atoms with Gasteiger partial charge < -0.3 is 14.2 Å². The van der Waals surface area contributed by atoms with Gasteiger partial charge in [0.05, 0.1) is 18.3 Å². The number of furan rings is 1. The van der Waals surface area contributed by atoms with Crippen LogP contribution in [-0.2, 0) is 17.9 Å². The Hall–Kier alpha value is -2.28. The summed E-state index contributed by atoms with van der Waals surface area (Å²) in [7, 11) is 0. The average Bonchev–Trinajstić information content (AvgIpc) is 3.10. The number of rotatable bonds is 5. The number of aryl methyl sites for hydroxylation is 1. The molecule has 0 aliphatic rings. The van der Waals surface area contributed by atoms with Crippen molar-refractivity contribution in [2.24, 2.45) is 0 Å². The fraction of sp³-hybridized carbons (Fsp3) is 0.200. The Bertz CT molecular complexity index is 848. The SMILES string of the molecule is O=C(CCn1c(=O)oc2cc(Br)ccc21)NCc1ccco1. The normalized spacial score (nSPS) is 11.0. The van der Waals surface area contributed by atoms with Gasteiger partial charge in [-0.05, 0) is 30.3 Å². The molecule has 0 unspecified atom stereocenters. The molecule has 114 valence electrons. The number of aromatic nitrogens is 1. The number of benzene rings is 1. The fourth-order valence-electron chi connectivity index (χ4n) is 2.15. The molecule has 2 heterocycles. The van der Waals surface area contributed by atoms with Crippen LogP contribution < -0.4 is 11.1 Å². The van der Waals surface area contributed by atoms with Crippen LogP contribution in [0.25, 0.3) is 11.1 Å². The average molecular weight is 365 g/mol. The van der Waals surface area contributed by atoms with Crippen LogP contribution in [0, 0.1) is 0 Å². The summed E-state index contributed by atoms with van der Waals surface area (Å²) >= 11 is 3.32. The van der Waals surface area contributed by atoms with Crippen LogP contribution in [-0.4, -0.2) is 10.5 Å². The number of hydrogen-bond donors (Lipinski definition) is 1. The highest BCUT2D eigenvalue weighted by atomic mass is 79.9. The lowest BCUT2D eigenvalue weighted by Gasteiger charge is -2.04. The third kappa shape index (κ3) is 3.14. The molecule has 6 nitrogen and oxygen atoms in total. The molecule has 0 saturated heterocycles. The van der Waals surface area contributed by atoms with E-state index in [2.05, 4.69) is 21.2 Å². The van der Waals surface area contributed by atoms with Gasteiger partial charge in [-0.1, -0.05) is 15.9 Å². The fourth-order valence-corrected chi connectivity index (χ4v) is 2.49. The quantitative estimate of drug-likeness (QED) is 0.754.